The van der Waals surface area contributed by atoms with Crippen LogP contribution < -0.4 is 4.72 Å². The smallest absolute Gasteiger partial charge is 0.290 e. The maximum atomic E-state index is 11.0. The summed E-state index contributed by atoms with van der Waals surface area (Å²) in [5.74, 6) is -0.848. The van der Waals surface area contributed by atoms with E-state index in [0.717, 1.165) is 29.2 Å². The van der Waals surface area contributed by atoms with Gasteiger partial charge in [0, 0.05) is 0 Å². The Morgan fingerprint density at radius 3 is 2.38 bits per heavy atom. The number of quaternary nitrogens is 1. The molecule has 1 aliphatic rings. The summed E-state index contributed by atoms with van der Waals surface area (Å²) in [4.78, 5) is 21.8. The van der Waals surface area contributed by atoms with E-state index >= 15 is 0 Å². The number of ketones is 2. The van der Waals surface area contributed by atoms with E-state index in [1.165, 1.54) is 0 Å². The molecular formula is C7H8NO4S+. The predicted molar refractivity (Wildman–Crippen MR) is 44.0 cm³/mol. The van der Waals surface area contributed by atoms with Crippen molar-refractivity contribution in [3.63, 3.8) is 0 Å². The highest BCUT2D eigenvalue weighted by atomic mass is 32.2. The number of hydrogen-bond donors (Lipinski definition) is 1. The Morgan fingerprint density at radius 2 is 1.85 bits per heavy atom. The van der Waals surface area contributed by atoms with E-state index < -0.39 is 15.8 Å². The largest absolute Gasteiger partial charge is 0.295 e. The van der Waals surface area contributed by atoms with Crippen LogP contribution in [0.25, 0.3) is 0 Å². The third-order valence-electron chi connectivity index (χ3n) is 1.32. The van der Waals surface area contributed by atoms with Crippen LogP contribution in [-0.4, -0.2) is 26.2 Å². The first kappa shape index (κ1) is 9.82. The average Bonchev–Trinajstić information content (AvgIpc) is 1.94. The monoisotopic (exact) mass is 202 g/mol. The summed E-state index contributed by atoms with van der Waals surface area (Å²) in [6.45, 7) is 0. The molecule has 6 heteroatoms. The van der Waals surface area contributed by atoms with E-state index in [1.54, 1.807) is 0 Å². The summed E-state index contributed by atoms with van der Waals surface area (Å²) < 4.78 is 22.3. The number of allylic oxidation sites excluding steroid dienone is 3. The van der Waals surface area contributed by atoms with Gasteiger partial charge in [-0.1, -0.05) is 0 Å². The molecule has 5 nitrogen and oxygen atoms in total. The van der Waals surface area contributed by atoms with Gasteiger partial charge in [0.25, 0.3) is 10.0 Å². The standard InChI is InChI=1S/C7H7NO4S/c1-13(11,12)8-6-4-5(9)2-3-7(6)10/h2-4,8H,1H3/p+1. The summed E-state index contributed by atoms with van der Waals surface area (Å²) >= 11 is 0. The molecule has 0 saturated heterocycles. The minimum Gasteiger partial charge on any atom is -0.290 e. The number of hydrogen-bond acceptors (Lipinski definition) is 4. The van der Waals surface area contributed by atoms with Crippen LogP contribution in [0.4, 0.5) is 0 Å². The Balaban J connectivity index is 2.93. The molecule has 0 heterocycles. The van der Waals surface area contributed by atoms with Gasteiger partial charge in [-0.05, 0) is 12.2 Å². The highest BCUT2D eigenvalue weighted by Gasteiger charge is 2.20. The lowest BCUT2D eigenvalue weighted by Crippen LogP contribution is -2.86. The van der Waals surface area contributed by atoms with Gasteiger partial charge in [0.1, 0.15) is 0 Å². The molecule has 0 spiro atoms. The lowest BCUT2D eigenvalue weighted by atomic mass is 10.1. The average molecular weight is 202 g/mol. The first-order chi connectivity index (χ1) is 5.88. The quantitative estimate of drug-likeness (QED) is 0.530. The fraction of sp³-hybridized carbons (Fsp3) is 0.143. The maximum Gasteiger partial charge on any atom is 0.295 e. The third kappa shape index (κ3) is 2.92. The van der Waals surface area contributed by atoms with Crippen molar-refractivity contribution in [3.05, 3.63) is 23.9 Å². The van der Waals surface area contributed by atoms with Crippen molar-refractivity contribution in [1.82, 2.24) is 0 Å². The Kier molecular flexibility index (Phi) is 2.44. The van der Waals surface area contributed by atoms with Gasteiger partial charge in [-0.15, -0.1) is 0 Å². The van der Waals surface area contributed by atoms with E-state index in [9.17, 15) is 18.0 Å². The predicted octanol–water partition coefficient (Wildman–Crippen LogP) is -1.90. The highest BCUT2D eigenvalue weighted by molar-refractivity contribution is 7.84. The van der Waals surface area contributed by atoms with E-state index in [-0.39, 0.29) is 11.5 Å². The molecule has 0 aromatic carbocycles. The van der Waals surface area contributed by atoms with Crippen LogP contribution in [0.1, 0.15) is 0 Å². The number of carbonyl (C=O) groups excluding carboxylic acids is 2. The van der Waals surface area contributed by atoms with Gasteiger partial charge >= 0.3 is 0 Å². The lowest BCUT2D eigenvalue weighted by molar-refractivity contribution is -0.431. The first-order valence-corrected chi connectivity index (χ1v) is 5.37. The normalized spacial score (nSPS) is 17.5. The maximum absolute atomic E-state index is 11.0. The third-order valence-corrected chi connectivity index (χ3v) is 2.00. The molecule has 0 radical (unpaired) electrons. The van der Waals surface area contributed by atoms with Crippen LogP contribution in [-0.2, 0) is 19.6 Å². The lowest BCUT2D eigenvalue weighted by Gasteiger charge is -2.01. The Hall–Kier alpha value is -1.27. The second kappa shape index (κ2) is 3.23. The SMILES string of the molecule is CS(=O)(=O)[NH2+]C1=CC(=O)C=CC1=O. The van der Waals surface area contributed by atoms with Crippen molar-refractivity contribution in [3.8, 4) is 0 Å². The molecule has 0 aromatic heterocycles. The first-order valence-electron chi connectivity index (χ1n) is 3.41. The van der Waals surface area contributed by atoms with Crippen LogP contribution in [0.5, 0.6) is 0 Å². The summed E-state index contributed by atoms with van der Waals surface area (Å²) in [5, 5.41) is 0. The van der Waals surface area contributed by atoms with Crippen LogP contribution in [0.15, 0.2) is 23.9 Å². The van der Waals surface area contributed by atoms with Crippen LogP contribution in [0.2, 0.25) is 0 Å². The van der Waals surface area contributed by atoms with Crippen molar-refractivity contribution in [2.24, 2.45) is 0 Å². The fourth-order valence-corrected chi connectivity index (χ4v) is 1.49. The number of rotatable bonds is 2. The van der Waals surface area contributed by atoms with Gasteiger partial charge in [0.05, 0.1) is 12.3 Å². The summed E-state index contributed by atoms with van der Waals surface area (Å²) in [7, 11) is -3.38. The second-order valence-corrected chi connectivity index (χ2v) is 4.54. The van der Waals surface area contributed by atoms with Crippen molar-refractivity contribution in [2.45, 2.75) is 0 Å². The zero-order valence-corrected chi connectivity index (χ0v) is 7.67. The van der Waals surface area contributed by atoms with Crippen molar-refractivity contribution >= 4 is 21.6 Å². The van der Waals surface area contributed by atoms with Gasteiger partial charge in [-0.2, -0.15) is 8.42 Å². The minimum atomic E-state index is -3.38. The van der Waals surface area contributed by atoms with E-state index in [0.29, 0.717) is 0 Å². The molecule has 1 rings (SSSR count). The van der Waals surface area contributed by atoms with Crippen LogP contribution in [0.3, 0.4) is 0 Å². The molecule has 0 unspecified atom stereocenters. The number of sulfonamides is 1. The van der Waals surface area contributed by atoms with Crippen LogP contribution >= 0.6 is 0 Å². The highest BCUT2D eigenvalue weighted by Crippen LogP contribution is 1.97. The zero-order valence-electron chi connectivity index (χ0n) is 6.85. The second-order valence-electron chi connectivity index (χ2n) is 2.65. The molecule has 0 atom stereocenters. The summed E-state index contributed by atoms with van der Waals surface area (Å²) in [5.41, 5.74) is -0.0880. The summed E-state index contributed by atoms with van der Waals surface area (Å²) in [6, 6.07) is 0. The minimum absolute atomic E-state index is 0.0880. The van der Waals surface area contributed by atoms with Gasteiger partial charge < -0.3 is 0 Å². The Labute approximate surface area is 75.2 Å². The molecule has 0 saturated carbocycles. The van der Waals surface area contributed by atoms with Crippen LogP contribution in [0, 0.1) is 0 Å². The van der Waals surface area contributed by atoms with Crippen molar-refractivity contribution in [2.75, 3.05) is 6.26 Å². The molecule has 0 fully saturated rings. The van der Waals surface area contributed by atoms with E-state index in [2.05, 4.69) is 0 Å². The molecule has 70 valence electrons. The number of carbonyl (C=O) groups is 2. The fourth-order valence-electron chi connectivity index (χ4n) is 0.849. The molecule has 2 N–H and O–H groups in total. The topological polar surface area (TPSA) is 84.9 Å². The summed E-state index contributed by atoms with van der Waals surface area (Å²) in [6.07, 6.45) is 4.12. The van der Waals surface area contributed by atoms with Crippen molar-refractivity contribution in [1.29, 1.82) is 0 Å². The Bertz CT molecular complexity index is 416. The molecule has 1 aliphatic carbocycles. The van der Waals surface area contributed by atoms with Crippen molar-refractivity contribution < 1.29 is 22.7 Å². The molecule has 0 aliphatic heterocycles. The van der Waals surface area contributed by atoms with Gasteiger partial charge in [-0.3, -0.25) is 9.59 Å². The number of nitrogens with two attached hydrogens (primary N) is 1. The van der Waals surface area contributed by atoms with E-state index in [1.807, 2.05) is 0 Å². The number of primary sulfonamides is 1. The Morgan fingerprint density at radius 1 is 1.23 bits per heavy atom. The molecule has 0 bridgehead atoms. The van der Waals surface area contributed by atoms with Gasteiger partial charge in [-0.25, -0.2) is 4.72 Å². The van der Waals surface area contributed by atoms with Gasteiger partial charge in [0.2, 0.25) is 5.78 Å². The molecule has 0 aromatic rings. The molecule has 0 amide bonds. The van der Waals surface area contributed by atoms with E-state index in [4.69, 9.17) is 0 Å². The molecular weight excluding hydrogens is 194 g/mol. The zero-order chi connectivity index (χ0) is 10.1. The van der Waals surface area contributed by atoms with Gasteiger partial charge in [0.15, 0.2) is 11.5 Å². The molecule has 13 heavy (non-hydrogen) atoms.